The fraction of sp³-hybridized carbons (Fsp3) is 0.577. The third-order valence-corrected chi connectivity index (χ3v) is 7.68. The monoisotopic (exact) mass is 458 g/mol. The zero-order valence-electron chi connectivity index (χ0n) is 20.3. The largest absolute Gasteiger partial charge is 0.491 e. The third kappa shape index (κ3) is 5.72. The first-order valence-corrected chi connectivity index (χ1v) is 12.5. The summed E-state index contributed by atoms with van der Waals surface area (Å²) in [5.74, 6) is 1.40. The minimum Gasteiger partial charge on any atom is -0.491 e. The van der Waals surface area contributed by atoms with E-state index in [2.05, 4.69) is 37.4 Å². The van der Waals surface area contributed by atoms with Gasteiger partial charge in [0.25, 0.3) is 0 Å². The number of rotatable bonds is 9. The minimum atomic E-state index is -0.872. The van der Waals surface area contributed by atoms with Crippen molar-refractivity contribution in [1.29, 1.82) is 0 Å². The van der Waals surface area contributed by atoms with E-state index in [0.717, 1.165) is 12.2 Å². The first-order valence-electron chi connectivity index (χ1n) is 11.7. The highest BCUT2D eigenvalue weighted by Gasteiger charge is 2.35. The maximum absolute atomic E-state index is 13.4. The van der Waals surface area contributed by atoms with Gasteiger partial charge in [-0.05, 0) is 74.4 Å². The molecule has 1 aliphatic heterocycles. The Kier molecular flexibility index (Phi) is 8.01. The zero-order valence-corrected chi connectivity index (χ0v) is 21.1. The summed E-state index contributed by atoms with van der Waals surface area (Å²) in [5, 5.41) is 12.6. The zero-order chi connectivity index (χ0) is 23.5. The maximum Gasteiger partial charge on any atom is 0.237 e. The lowest BCUT2D eigenvalue weighted by Gasteiger charge is -2.40. The molecule has 1 aliphatic rings. The predicted octanol–water partition coefficient (Wildman–Crippen LogP) is 4.86. The van der Waals surface area contributed by atoms with Crippen LogP contribution in [0.1, 0.15) is 69.5 Å². The molecule has 2 heterocycles. The second-order valence-electron chi connectivity index (χ2n) is 9.58. The molecule has 1 N–H and O–H groups in total. The van der Waals surface area contributed by atoms with E-state index in [0.29, 0.717) is 32.2 Å². The summed E-state index contributed by atoms with van der Waals surface area (Å²) in [7, 11) is 0. The molecule has 3 rings (SSSR count). The number of carbonyl (C=O) groups excluding carboxylic acids is 1. The highest BCUT2D eigenvalue weighted by molar-refractivity contribution is 7.10. The van der Waals surface area contributed by atoms with Crippen molar-refractivity contribution < 1.29 is 14.6 Å². The summed E-state index contributed by atoms with van der Waals surface area (Å²) in [5.41, 5.74) is 1.61. The van der Waals surface area contributed by atoms with Crippen LogP contribution in [0.2, 0.25) is 0 Å². The Morgan fingerprint density at radius 1 is 1.25 bits per heavy atom. The first-order chi connectivity index (χ1) is 15.1. The molecular formula is C26H38N2O3S. The lowest BCUT2D eigenvalue weighted by molar-refractivity contribution is -0.137. The van der Waals surface area contributed by atoms with Crippen molar-refractivity contribution in [2.45, 2.75) is 71.6 Å². The van der Waals surface area contributed by atoms with E-state index < -0.39 is 5.60 Å². The van der Waals surface area contributed by atoms with E-state index in [1.807, 2.05) is 35.8 Å². The van der Waals surface area contributed by atoms with Crippen molar-refractivity contribution in [3.63, 3.8) is 0 Å². The summed E-state index contributed by atoms with van der Waals surface area (Å²) >= 11 is 1.76. The quantitative estimate of drug-likeness (QED) is 0.583. The van der Waals surface area contributed by atoms with Gasteiger partial charge < -0.3 is 14.7 Å². The fourth-order valence-corrected chi connectivity index (χ4v) is 5.16. The summed E-state index contributed by atoms with van der Waals surface area (Å²) in [6, 6.07) is 10.2. The topological polar surface area (TPSA) is 53.0 Å². The molecule has 0 spiro atoms. The standard InChI is InChI=1S/C26H38N2O3S/c1-7-27(19(4)26(5,6)30)16-25(29)28-14-12-24-22(13-15-32-24)23(28)17-31-21-10-8-20(9-11-21)18(2)3/h8-11,13,15,18-19,23,30H,7,12,14,16-17H2,1-6H3/t19-,23+/m1/s1. The van der Waals surface area contributed by atoms with E-state index in [9.17, 15) is 9.90 Å². The van der Waals surface area contributed by atoms with Gasteiger partial charge >= 0.3 is 0 Å². The second kappa shape index (κ2) is 10.4. The van der Waals surface area contributed by atoms with Crippen LogP contribution in [0.4, 0.5) is 0 Å². The van der Waals surface area contributed by atoms with Crippen molar-refractivity contribution >= 4 is 17.2 Å². The lowest BCUT2D eigenvalue weighted by atomic mass is 9.98. The molecule has 5 nitrogen and oxygen atoms in total. The number of nitrogens with zero attached hydrogens (tertiary/aromatic N) is 2. The van der Waals surface area contributed by atoms with Crippen LogP contribution in [0.5, 0.6) is 5.75 Å². The highest BCUT2D eigenvalue weighted by atomic mass is 32.1. The molecule has 0 radical (unpaired) electrons. The Balaban J connectivity index is 1.74. The number of hydrogen-bond donors (Lipinski definition) is 1. The normalized spacial score (nSPS) is 17.5. The average molecular weight is 459 g/mol. The van der Waals surface area contributed by atoms with E-state index in [1.165, 1.54) is 16.0 Å². The van der Waals surface area contributed by atoms with Crippen molar-refractivity contribution in [2.24, 2.45) is 0 Å². The molecule has 0 aliphatic carbocycles. The van der Waals surface area contributed by atoms with Crippen LogP contribution in [0, 0.1) is 0 Å². The van der Waals surface area contributed by atoms with Gasteiger partial charge in [0.15, 0.2) is 0 Å². The highest BCUT2D eigenvalue weighted by Crippen LogP contribution is 2.34. The molecule has 0 bridgehead atoms. The summed E-state index contributed by atoms with van der Waals surface area (Å²) < 4.78 is 6.18. The molecule has 2 atom stereocenters. The van der Waals surface area contributed by atoms with E-state index >= 15 is 0 Å². The Labute approximate surface area is 197 Å². The van der Waals surface area contributed by atoms with Crippen LogP contribution >= 0.6 is 11.3 Å². The number of aliphatic hydroxyl groups is 1. The second-order valence-corrected chi connectivity index (χ2v) is 10.6. The smallest absolute Gasteiger partial charge is 0.237 e. The number of amides is 1. The number of carbonyl (C=O) groups is 1. The minimum absolute atomic E-state index is 0.0866. The molecule has 1 aromatic heterocycles. The molecule has 1 amide bonds. The van der Waals surface area contributed by atoms with Gasteiger partial charge in [-0.1, -0.05) is 32.9 Å². The molecule has 0 saturated carbocycles. The van der Waals surface area contributed by atoms with Gasteiger partial charge in [0.2, 0.25) is 5.91 Å². The number of thiophene rings is 1. The first kappa shape index (κ1) is 24.7. The van der Waals surface area contributed by atoms with Gasteiger partial charge in [-0.15, -0.1) is 11.3 Å². The third-order valence-electron chi connectivity index (χ3n) is 6.68. The van der Waals surface area contributed by atoms with Crippen LogP contribution in [-0.2, 0) is 11.2 Å². The maximum atomic E-state index is 13.4. The molecule has 2 aromatic rings. The summed E-state index contributed by atoms with van der Waals surface area (Å²) in [6.45, 7) is 14.1. The summed E-state index contributed by atoms with van der Waals surface area (Å²) in [4.78, 5) is 18.8. The fourth-order valence-electron chi connectivity index (χ4n) is 4.23. The number of benzene rings is 1. The summed E-state index contributed by atoms with van der Waals surface area (Å²) in [6.07, 6.45) is 0.880. The Morgan fingerprint density at radius 2 is 1.94 bits per heavy atom. The van der Waals surface area contributed by atoms with Gasteiger partial charge in [0, 0.05) is 17.5 Å². The number of fused-ring (bicyclic) bond motifs is 1. The van der Waals surface area contributed by atoms with Crippen LogP contribution < -0.4 is 4.74 Å². The number of likely N-dealkylation sites (N-methyl/N-ethyl adjacent to an activating group) is 1. The Morgan fingerprint density at radius 3 is 2.53 bits per heavy atom. The van der Waals surface area contributed by atoms with E-state index in [-0.39, 0.29) is 18.0 Å². The number of hydrogen-bond acceptors (Lipinski definition) is 5. The average Bonchev–Trinajstić information content (AvgIpc) is 3.23. The van der Waals surface area contributed by atoms with Gasteiger partial charge in [-0.3, -0.25) is 9.69 Å². The van der Waals surface area contributed by atoms with Crippen LogP contribution in [-0.4, -0.2) is 58.7 Å². The van der Waals surface area contributed by atoms with Crippen LogP contribution in [0.3, 0.4) is 0 Å². The van der Waals surface area contributed by atoms with Gasteiger partial charge in [0.1, 0.15) is 12.4 Å². The molecule has 32 heavy (non-hydrogen) atoms. The Hall–Kier alpha value is -1.89. The van der Waals surface area contributed by atoms with Gasteiger partial charge in [-0.25, -0.2) is 0 Å². The molecule has 0 saturated heterocycles. The Bertz CT molecular complexity index is 885. The SMILES string of the molecule is CCN(CC(=O)N1CCc2sccc2[C@@H]1COc1ccc(C(C)C)cc1)[C@H](C)C(C)(C)O. The van der Waals surface area contributed by atoms with Gasteiger partial charge in [0.05, 0.1) is 18.2 Å². The molecule has 0 unspecified atom stereocenters. The van der Waals surface area contributed by atoms with Crippen LogP contribution in [0.25, 0.3) is 0 Å². The van der Waals surface area contributed by atoms with E-state index in [1.54, 1.807) is 25.2 Å². The number of ether oxygens (including phenoxy) is 1. The predicted molar refractivity (Wildman–Crippen MR) is 132 cm³/mol. The van der Waals surface area contributed by atoms with Crippen molar-refractivity contribution in [3.05, 3.63) is 51.7 Å². The van der Waals surface area contributed by atoms with Gasteiger partial charge in [-0.2, -0.15) is 0 Å². The molecule has 176 valence electrons. The van der Waals surface area contributed by atoms with E-state index in [4.69, 9.17) is 4.74 Å². The van der Waals surface area contributed by atoms with Crippen LogP contribution in [0.15, 0.2) is 35.7 Å². The molecular weight excluding hydrogens is 420 g/mol. The van der Waals surface area contributed by atoms with Crippen molar-refractivity contribution in [2.75, 3.05) is 26.2 Å². The lowest BCUT2D eigenvalue weighted by Crippen LogP contribution is -2.52. The van der Waals surface area contributed by atoms with Crippen molar-refractivity contribution in [1.82, 2.24) is 9.80 Å². The molecule has 6 heteroatoms. The van der Waals surface area contributed by atoms with Crippen molar-refractivity contribution in [3.8, 4) is 5.75 Å². The molecule has 0 fully saturated rings. The molecule has 1 aromatic carbocycles.